The summed E-state index contributed by atoms with van der Waals surface area (Å²) in [6.45, 7) is 2.61. The molecule has 2 aromatic rings. The molecular weight excluding hydrogens is 404 g/mol. The van der Waals surface area contributed by atoms with E-state index in [2.05, 4.69) is 26.3 Å². The van der Waals surface area contributed by atoms with Crippen molar-refractivity contribution in [2.45, 2.75) is 13.0 Å². The Morgan fingerprint density at radius 3 is 2.73 bits per heavy atom. The van der Waals surface area contributed by atoms with Crippen LogP contribution in [0.15, 0.2) is 48.5 Å². The van der Waals surface area contributed by atoms with Gasteiger partial charge >= 0.3 is 6.03 Å². The van der Waals surface area contributed by atoms with E-state index in [9.17, 15) is 13.2 Å². The van der Waals surface area contributed by atoms with E-state index in [4.69, 9.17) is 4.74 Å². The lowest BCUT2D eigenvalue weighted by molar-refractivity contribution is 0.239. The summed E-state index contributed by atoms with van der Waals surface area (Å²) in [5.74, 6) is 1.19. The second kappa shape index (κ2) is 9.71. The predicted molar refractivity (Wildman–Crippen MR) is 118 cm³/mol. The standard InChI is InChI=1S/C21H28N4O4S/c1-29-19-8-5-7-18(12-19)25-11-10-16(15-25)13-22-21(26)23-14-17-6-3-4-9-20(17)24-30(2,27)28/h3-9,12,16,24H,10-11,13-15H2,1-2H3,(H2,22,23,26). The zero-order valence-corrected chi connectivity index (χ0v) is 18.0. The van der Waals surface area contributed by atoms with Gasteiger partial charge in [-0.3, -0.25) is 4.72 Å². The maximum Gasteiger partial charge on any atom is 0.315 e. The van der Waals surface area contributed by atoms with Crippen LogP contribution in [0.4, 0.5) is 16.2 Å². The van der Waals surface area contributed by atoms with Gasteiger partial charge in [-0.2, -0.15) is 0 Å². The van der Waals surface area contributed by atoms with Crippen LogP contribution in [0.25, 0.3) is 0 Å². The van der Waals surface area contributed by atoms with Gasteiger partial charge in [0.05, 0.1) is 19.1 Å². The number of urea groups is 1. The quantitative estimate of drug-likeness (QED) is 0.595. The minimum Gasteiger partial charge on any atom is -0.497 e. The Kier molecular flexibility index (Phi) is 7.04. The summed E-state index contributed by atoms with van der Waals surface area (Å²) in [6, 6.07) is 14.7. The molecule has 0 spiro atoms. The molecule has 0 aromatic heterocycles. The van der Waals surface area contributed by atoms with Crippen molar-refractivity contribution < 1.29 is 17.9 Å². The molecule has 1 atom stereocenters. The van der Waals surface area contributed by atoms with Gasteiger partial charge in [0.2, 0.25) is 10.0 Å². The monoisotopic (exact) mass is 432 g/mol. The molecule has 1 saturated heterocycles. The molecule has 0 aliphatic carbocycles. The van der Waals surface area contributed by atoms with Crippen LogP contribution < -0.4 is 25.0 Å². The van der Waals surface area contributed by atoms with Gasteiger partial charge in [-0.1, -0.05) is 24.3 Å². The Bertz CT molecular complexity index is 980. The van der Waals surface area contributed by atoms with Gasteiger partial charge in [-0.05, 0) is 36.1 Å². The van der Waals surface area contributed by atoms with Crippen LogP contribution in [0.3, 0.4) is 0 Å². The second-order valence-corrected chi connectivity index (χ2v) is 9.15. The minimum atomic E-state index is -3.38. The number of amides is 2. The molecule has 1 unspecified atom stereocenters. The van der Waals surface area contributed by atoms with Gasteiger partial charge in [0.1, 0.15) is 5.75 Å². The molecule has 3 N–H and O–H groups in total. The summed E-state index contributed by atoms with van der Waals surface area (Å²) in [4.78, 5) is 14.5. The van der Waals surface area contributed by atoms with Crippen molar-refractivity contribution >= 4 is 27.4 Å². The normalized spacial score (nSPS) is 16.2. The van der Waals surface area contributed by atoms with E-state index in [1.165, 1.54) is 0 Å². The van der Waals surface area contributed by atoms with Crippen LogP contribution in [-0.4, -0.2) is 47.4 Å². The number of ether oxygens (including phenoxy) is 1. The van der Waals surface area contributed by atoms with Gasteiger partial charge in [-0.25, -0.2) is 13.2 Å². The fourth-order valence-electron chi connectivity index (χ4n) is 3.49. The van der Waals surface area contributed by atoms with E-state index >= 15 is 0 Å². The lowest BCUT2D eigenvalue weighted by Crippen LogP contribution is -2.38. The number of rotatable bonds is 8. The van der Waals surface area contributed by atoms with Crippen molar-refractivity contribution in [1.29, 1.82) is 0 Å². The first kappa shape index (κ1) is 21.8. The van der Waals surface area contributed by atoms with Gasteiger partial charge < -0.3 is 20.3 Å². The summed E-state index contributed by atoms with van der Waals surface area (Å²) < 4.78 is 30.7. The Hall–Kier alpha value is -2.94. The highest BCUT2D eigenvalue weighted by atomic mass is 32.2. The number of carbonyl (C=O) groups excluding carboxylic acids is 1. The third kappa shape index (κ3) is 6.28. The molecule has 0 bridgehead atoms. The van der Waals surface area contributed by atoms with Crippen LogP contribution >= 0.6 is 0 Å². The smallest absolute Gasteiger partial charge is 0.315 e. The SMILES string of the molecule is COc1cccc(N2CCC(CNC(=O)NCc3ccccc3NS(C)(=O)=O)C2)c1. The van der Waals surface area contributed by atoms with E-state index in [-0.39, 0.29) is 12.6 Å². The van der Waals surface area contributed by atoms with Gasteiger partial charge in [0.25, 0.3) is 0 Å². The lowest BCUT2D eigenvalue weighted by atomic mass is 10.1. The summed E-state index contributed by atoms with van der Waals surface area (Å²) in [5, 5.41) is 5.71. The third-order valence-corrected chi connectivity index (χ3v) is 5.60. The molecule has 3 rings (SSSR count). The fourth-order valence-corrected chi connectivity index (χ4v) is 4.09. The van der Waals surface area contributed by atoms with Crippen LogP contribution in [0.1, 0.15) is 12.0 Å². The molecule has 1 aliphatic rings. The highest BCUT2D eigenvalue weighted by molar-refractivity contribution is 7.92. The third-order valence-electron chi connectivity index (χ3n) is 5.01. The molecule has 0 saturated carbocycles. The van der Waals surface area contributed by atoms with E-state index < -0.39 is 10.0 Å². The van der Waals surface area contributed by atoms with E-state index in [1.54, 1.807) is 31.4 Å². The van der Waals surface area contributed by atoms with Crippen LogP contribution in [0, 0.1) is 5.92 Å². The Morgan fingerprint density at radius 1 is 1.17 bits per heavy atom. The van der Waals surface area contributed by atoms with Gasteiger partial charge in [0.15, 0.2) is 0 Å². The number of benzene rings is 2. The number of sulfonamides is 1. The predicted octanol–water partition coefficient (Wildman–Crippen LogP) is 2.39. The summed E-state index contributed by atoms with van der Waals surface area (Å²) in [7, 11) is -1.73. The number of nitrogens with zero attached hydrogens (tertiary/aromatic N) is 1. The summed E-state index contributed by atoms with van der Waals surface area (Å²) in [6.07, 6.45) is 2.10. The molecule has 1 heterocycles. The Morgan fingerprint density at radius 2 is 1.97 bits per heavy atom. The van der Waals surface area contributed by atoms with Crippen molar-refractivity contribution in [3.63, 3.8) is 0 Å². The number of anilines is 2. The highest BCUT2D eigenvalue weighted by Crippen LogP contribution is 2.26. The topological polar surface area (TPSA) is 99.8 Å². The molecule has 30 heavy (non-hydrogen) atoms. The number of para-hydroxylation sites is 1. The van der Waals surface area contributed by atoms with Crippen molar-refractivity contribution in [2.24, 2.45) is 5.92 Å². The first-order valence-corrected chi connectivity index (χ1v) is 11.7. The molecule has 162 valence electrons. The number of nitrogens with one attached hydrogen (secondary N) is 3. The molecule has 2 aromatic carbocycles. The highest BCUT2D eigenvalue weighted by Gasteiger charge is 2.23. The minimum absolute atomic E-state index is 0.227. The maximum absolute atomic E-state index is 12.2. The zero-order valence-electron chi connectivity index (χ0n) is 17.2. The number of hydrogen-bond acceptors (Lipinski definition) is 5. The number of hydrogen-bond donors (Lipinski definition) is 3. The Labute approximate surface area is 177 Å². The maximum atomic E-state index is 12.2. The van der Waals surface area contributed by atoms with Crippen molar-refractivity contribution in [2.75, 3.05) is 42.6 Å². The average Bonchev–Trinajstić information content (AvgIpc) is 3.20. The summed E-state index contributed by atoms with van der Waals surface area (Å²) in [5.41, 5.74) is 2.28. The molecule has 2 amide bonds. The zero-order chi connectivity index (χ0) is 21.6. The molecule has 0 radical (unpaired) electrons. The van der Waals surface area contributed by atoms with Crippen molar-refractivity contribution in [3.8, 4) is 5.75 Å². The van der Waals surface area contributed by atoms with E-state index in [0.29, 0.717) is 23.7 Å². The largest absolute Gasteiger partial charge is 0.497 e. The van der Waals surface area contributed by atoms with Crippen LogP contribution in [0.5, 0.6) is 5.75 Å². The molecular formula is C21H28N4O4S. The van der Waals surface area contributed by atoms with Gasteiger partial charge in [-0.15, -0.1) is 0 Å². The lowest BCUT2D eigenvalue weighted by Gasteiger charge is -2.19. The van der Waals surface area contributed by atoms with Crippen LogP contribution in [-0.2, 0) is 16.6 Å². The summed E-state index contributed by atoms with van der Waals surface area (Å²) >= 11 is 0. The average molecular weight is 433 g/mol. The second-order valence-electron chi connectivity index (χ2n) is 7.40. The van der Waals surface area contributed by atoms with Crippen molar-refractivity contribution in [1.82, 2.24) is 10.6 Å². The molecule has 1 aliphatic heterocycles. The van der Waals surface area contributed by atoms with E-state index in [0.717, 1.165) is 37.2 Å². The van der Waals surface area contributed by atoms with Gasteiger partial charge in [0, 0.05) is 37.9 Å². The first-order valence-electron chi connectivity index (χ1n) is 9.80. The Balaban J connectivity index is 1.46. The van der Waals surface area contributed by atoms with E-state index in [1.807, 2.05) is 18.2 Å². The molecule has 8 nitrogen and oxygen atoms in total. The fraction of sp³-hybridized carbons (Fsp3) is 0.381. The molecule has 9 heteroatoms. The number of methoxy groups -OCH3 is 1. The number of carbonyl (C=O) groups is 1. The van der Waals surface area contributed by atoms with Crippen molar-refractivity contribution in [3.05, 3.63) is 54.1 Å². The van der Waals surface area contributed by atoms with Crippen LogP contribution in [0.2, 0.25) is 0 Å². The first-order chi connectivity index (χ1) is 14.3. The molecule has 1 fully saturated rings.